The van der Waals surface area contributed by atoms with E-state index in [0.29, 0.717) is 12.1 Å². The third kappa shape index (κ3) is 3.42. The van der Waals surface area contributed by atoms with Crippen LogP contribution in [0.5, 0.6) is 5.75 Å². The minimum atomic E-state index is -0.630. The van der Waals surface area contributed by atoms with Crippen LogP contribution in [0, 0.1) is 5.82 Å². The van der Waals surface area contributed by atoms with Crippen molar-refractivity contribution in [2.24, 2.45) is 0 Å². The molecule has 0 saturated heterocycles. The third-order valence-electron chi connectivity index (χ3n) is 4.83. The molecule has 1 unspecified atom stereocenters. The maximum absolute atomic E-state index is 13.0. The SMILES string of the molecule is CN1CC(c2cccnc2)n2nc(C(=O)NCc3ccc(F)cc3)c(O)c2C1=O. The van der Waals surface area contributed by atoms with Crippen molar-refractivity contribution in [2.45, 2.75) is 12.6 Å². The number of hydrogen-bond donors (Lipinski definition) is 2. The van der Waals surface area contributed by atoms with Crippen molar-refractivity contribution in [1.29, 1.82) is 0 Å². The average Bonchev–Trinajstić information content (AvgIpc) is 3.08. The van der Waals surface area contributed by atoms with Gasteiger partial charge in [-0.15, -0.1) is 0 Å². The van der Waals surface area contributed by atoms with Crippen LogP contribution in [0.1, 0.15) is 38.1 Å². The molecule has 1 aromatic carbocycles. The van der Waals surface area contributed by atoms with E-state index in [1.54, 1.807) is 37.6 Å². The monoisotopic (exact) mass is 395 g/mol. The minimum Gasteiger partial charge on any atom is -0.504 e. The number of likely N-dealkylation sites (N-methyl/N-ethyl adjacent to an activating group) is 1. The van der Waals surface area contributed by atoms with Gasteiger partial charge in [0.15, 0.2) is 17.1 Å². The Balaban J connectivity index is 1.64. The molecule has 0 bridgehead atoms. The number of pyridine rings is 1. The molecule has 1 atom stereocenters. The Labute approximate surface area is 165 Å². The molecule has 0 saturated carbocycles. The first-order chi connectivity index (χ1) is 14.0. The number of halogens is 1. The summed E-state index contributed by atoms with van der Waals surface area (Å²) in [5.74, 6) is -1.89. The van der Waals surface area contributed by atoms with E-state index >= 15 is 0 Å². The van der Waals surface area contributed by atoms with Crippen LogP contribution in [0.3, 0.4) is 0 Å². The van der Waals surface area contributed by atoms with Gasteiger partial charge < -0.3 is 15.3 Å². The van der Waals surface area contributed by atoms with E-state index in [1.165, 1.54) is 21.7 Å². The Kier molecular flexibility index (Phi) is 4.71. The summed E-state index contributed by atoms with van der Waals surface area (Å²) in [6, 6.07) is 8.91. The van der Waals surface area contributed by atoms with Gasteiger partial charge in [0.05, 0.1) is 6.04 Å². The van der Waals surface area contributed by atoms with E-state index < -0.39 is 17.6 Å². The lowest BCUT2D eigenvalue weighted by Gasteiger charge is -2.30. The Morgan fingerprint density at radius 2 is 2.07 bits per heavy atom. The summed E-state index contributed by atoms with van der Waals surface area (Å²) in [4.78, 5) is 30.7. The van der Waals surface area contributed by atoms with Gasteiger partial charge in [0.2, 0.25) is 0 Å². The Bertz CT molecular complexity index is 1070. The number of hydrogen-bond acceptors (Lipinski definition) is 5. The summed E-state index contributed by atoms with van der Waals surface area (Å²) in [5.41, 5.74) is 1.21. The van der Waals surface area contributed by atoms with Crippen molar-refractivity contribution in [3.63, 3.8) is 0 Å². The number of nitrogens with zero attached hydrogens (tertiary/aromatic N) is 4. The van der Waals surface area contributed by atoms with Crippen molar-refractivity contribution in [3.8, 4) is 5.75 Å². The molecule has 2 amide bonds. The zero-order chi connectivity index (χ0) is 20.5. The molecule has 0 spiro atoms. The largest absolute Gasteiger partial charge is 0.504 e. The zero-order valence-corrected chi connectivity index (χ0v) is 15.5. The summed E-state index contributed by atoms with van der Waals surface area (Å²) in [7, 11) is 1.62. The Morgan fingerprint density at radius 3 is 2.76 bits per heavy atom. The highest BCUT2D eigenvalue weighted by Gasteiger charge is 2.37. The molecule has 0 radical (unpaired) electrons. The number of fused-ring (bicyclic) bond motifs is 1. The smallest absolute Gasteiger partial charge is 0.275 e. The van der Waals surface area contributed by atoms with Crippen molar-refractivity contribution >= 4 is 11.8 Å². The van der Waals surface area contributed by atoms with Crippen LogP contribution in [0.4, 0.5) is 4.39 Å². The minimum absolute atomic E-state index is 0.0421. The van der Waals surface area contributed by atoms with E-state index in [1.807, 2.05) is 6.07 Å². The fourth-order valence-electron chi connectivity index (χ4n) is 3.29. The molecular weight excluding hydrogens is 377 g/mol. The van der Waals surface area contributed by atoms with Crippen LogP contribution < -0.4 is 5.32 Å². The number of aromatic hydroxyl groups is 1. The average molecular weight is 395 g/mol. The summed E-state index contributed by atoms with van der Waals surface area (Å²) >= 11 is 0. The van der Waals surface area contributed by atoms with Gasteiger partial charge in [0.25, 0.3) is 11.8 Å². The van der Waals surface area contributed by atoms with E-state index in [9.17, 15) is 19.1 Å². The number of carbonyl (C=O) groups is 2. The molecule has 0 fully saturated rings. The van der Waals surface area contributed by atoms with Gasteiger partial charge in [-0.25, -0.2) is 9.07 Å². The van der Waals surface area contributed by atoms with E-state index in [2.05, 4.69) is 15.4 Å². The maximum Gasteiger partial charge on any atom is 0.275 e. The first kappa shape index (κ1) is 18.6. The first-order valence-electron chi connectivity index (χ1n) is 8.95. The van der Waals surface area contributed by atoms with Gasteiger partial charge >= 0.3 is 0 Å². The highest BCUT2D eigenvalue weighted by molar-refractivity contribution is 6.02. The molecule has 2 aromatic heterocycles. The van der Waals surface area contributed by atoms with Gasteiger partial charge in [-0.1, -0.05) is 18.2 Å². The van der Waals surface area contributed by atoms with Crippen LogP contribution in [-0.4, -0.2) is 50.2 Å². The van der Waals surface area contributed by atoms with Gasteiger partial charge in [-0.3, -0.25) is 14.6 Å². The van der Waals surface area contributed by atoms with E-state index in [0.717, 1.165) is 5.56 Å². The number of aromatic nitrogens is 3. The van der Waals surface area contributed by atoms with Crippen LogP contribution in [0.25, 0.3) is 0 Å². The van der Waals surface area contributed by atoms with Crippen molar-refractivity contribution in [2.75, 3.05) is 13.6 Å². The van der Waals surface area contributed by atoms with Crippen LogP contribution >= 0.6 is 0 Å². The molecule has 8 nitrogen and oxygen atoms in total. The number of carbonyl (C=O) groups excluding carboxylic acids is 2. The normalized spacial score (nSPS) is 15.9. The van der Waals surface area contributed by atoms with E-state index in [4.69, 9.17) is 0 Å². The molecule has 3 aromatic rings. The van der Waals surface area contributed by atoms with Gasteiger partial charge in [0.1, 0.15) is 5.82 Å². The lowest BCUT2D eigenvalue weighted by Crippen LogP contribution is -2.41. The second kappa shape index (κ2) is 7.34. The fourth-order valence-corrected chi connectivity index (χ4v) is 3.29. The number of benzene rings is 1. The molecule has 29 heavy (non-hydrogen) atoms. The predicted octanol–water partition coefficient (Wildman–Crippen LogP) is 1.73. The topological polar surface area (TPSA) is 100 Å². The summed E-state index contributed by atoms with van der Waals surface area (Å²) in [5, 5.41) is 17.4. The van der Waals surface area contributed by atoms with Crippen molar-refractivity contribution < 1.29 is 19.1 Å². The first-order valence-corrected chi connectivity index (χ1v) is 8.95. The molecule has 0 aliphatic carbocycles. The van der Waals surface area contributed by atoms with Gasteiger partial charge in [-0.05, 0) is 29.3 Å². The van der Waals surface area contributed by atoms with Gasteiger partial charge in [-0.2, -0.15) is 5.10 Å². The van der Waals surface area contributed by atoms with Crippen molar-refractivity contribution in [3.05, 3.63) is 77.1 Å². The summed E-state index contributed by atoms with van der Waals surface area (Å²) in [6.07, 6.45) is 3.29. The highest BCUT2D eigenvalue weighted by atomic mass is 19.1. The summed E-state index contributed by atoms with van der Waals surface area (Å²) in [6.45, 7) is 0.454. The standard InChI is InChI=1S/C20H18FN5O3/c1-25-11-15(13-3-2-8-22-10-13)26-17(20(25)29)18(27)16(24-26)19(28)23-9-12-4-6-14(21)7-5-12/h2-8,10,15,27H,9,11H2,1H3,(H,23,28). The van der Waals surface area contributed by atoms with E-state index in [-0.39, 0.29) is 29.8 Å². The predicted molar refractivity (Wildman–Crippen MR) is 101 cm³/mol. The second-order valence-electron chi connectivity index (χ2n) is 6.79. The fraction of sp³-hybridized carbons (Fsp3) is 0.200. The maximum atomic E-state index is 13.0. The van der Waals surface area contributed by atoms with Crippen LogP contribution in [-0.2, 0) is 6.54 Å². The highest BCUT2D eigenvalue weighted by Crippen LogP contribution is 2.33. The quantitative estimate of drug-likeness (QED) is 0.701. The van der Waals surface area contributed by atoms with Crippen LogP contribution in [0.2, 0.25) is 0 Å². The number of nitrogens with one attached hydrogen (secondary N) is 1. The van der Waals surface area contributed by atoms with Crippen LogP contribution in [0.15, 0.2) is 48.8 Å². The molecule has 3 heterocycles. The third-order valence-corrected chi connectivity index (χ3v) is 4.83. The summed E-state index contributed by atoms with van der Waals surface area (Å²) < 4.78 is 14.4. The molecule has 2 N–H and O–H groups in total. The zero-order valence-electron chi connectivity index (χ0n) is 15.5. The molecule has 148 valence electrons. The number of rotatable bonds is 4. The second-order valence-corrected chi connectivity index (χ2v) is 6.79. The lowest BCUT2D eigenvalue weighted by atomic mass is 10.1. The van der Waals surface area contributed by atoms with Gasteiger partial charge in [0, 0.05) is 32.5 Å². The van der Waals surface area contributed by atoms with Crippen molar-refractivity contribution in [1.82, 2.24) is 25.0 Å². The molecule has 4 rings (SSSR count). The molecule has 1 aliphatic heterocycles. The molecular formula is C20H18FN5O3. The number of amides is 2. The Hall–Kier alpha value is -3.75. The molecule has 9 heteroatoms. The lowest BCUT2D eigenvalue weighted by molar-refractivity contribution is 0.0719. The molecule has 1 aliphatic rings. The Morgan fingerprint density at radius 1 is 1.31 bits per heavy atom.